The number of hydrogen-bond acceptors (Lipinski definition) is 6. The van der Waals surface area contributed by atoms with Crippen LogP contribution in [0.2, 0.25) is 0 Å². The molecule has 9 nitrogen and oxygen atoms in total. The SMILES string of the molecule is CCC1Oc2ccc([N+](=O)[O-])cc2N(CC(=O)N(C)CCC#N)C1=O. The third-order valence-electron chi connectivity index (χ3n) is 3.90. The monoisotopic (exact) mass is 346 g/mol. The molecular weight excluding hydrogens is 328 g/mol. The van der Waals surface area contributed by atoms with E-state index in [9.17, 15) is 19.7 Å². The summed E-state index contributed by atoms with van der Waals surface area (Å²) in [4.78, 5) is 37.9. The quantitative estimate of drug-likeness (QED) is 0.569. The topological polar surface area (TPSA) is 117 Å². The van der Waals surface area contributed by atoms with Crippen LogP contribution >= 0.6 is 0 Å². The largest absolute Gasteiger partial charge is 0.478 e. The molecule has 0 saturated heterocycles. The van der Waals surface area contributed by atoms with E-state index in [1.54, 1.807) is 6.92 Å². The lowest BCUT2D eigenvalue weighted by molar-refractivity contribution is -0.384. The van der Waals surface area contributed by atoms with Crippen molar-refractivity contribution in [3.63, 3.8) is 0 Å². The van der Waals surface area contributed by atoms with Crippen molar-refractivity contribution in [2.45, 2.75) is 25.9 Å². The molecular formula is C16H18N4O5. The highest BCUT2D eigenvalue weighted by Gasteiger charge is 2.35. The first-order valence-corrected chi connectivity index (χ1v) is 7.76. The standard InChI is InChI=1S/C16H18N4O5/c1-3-13-16(22)19(10-15(21)18(2)8-4-7-17)12-9-11(20(23)24)5-6-14(12)25-13/h5-6,9,13H,3-4,8,10H2,1-2H3. The number of carbonyl (C=O) groups excluding carboxylic acids is 2. The van der Waals surface area contributed by atoms with Crippen LogP contribution in [-0.2, 0) is 9.59 Å². The number of amides is 2. The number of hydrogen-bond donors (Lipinski definition) is 0. The molecule has 25 heavy (non-hydrogen) atoms. The van der Waals surface area contributed by atoms with Gasteiger partial charge in [-0.05, 0) is 12.5 Å². The van der Waals surface area contributed by atoms with Crippen LogP contribution in [-0.4, -0.2) is 47.9 Å². The van der Waals surface area contributed by atoms with Crippen LogP contribution in [0, 0.1) is 21.4 Å². The Balaban J connectivity index is 2.33. The van der Waals surface area contributed by atoms with Crippen molar-refractivity contribution in [1.29, 1.82) is 5.26 Å². The Bertz CT molecular complexity index is 743. The first-order valence-electron chi connectivity index (χ1n) is 7.76. The normalized spacial score (nSPS) is 15.8. The number of nitro groups is 1. The minimum absolute atomic E-state index is 0.180. The average molecular weight is 346 g/mol. The van der Waals surface area contributed by atoms with Crippen molar-refractivity contribution in [2.24, 2.45) is 0 Å². The van der Waals surface area contributed by atoms with E-state index in [0.29, 0.717) is 12.2 Å². The smallest absolute Gasteiger partial charge is 0.271 e. The van der Waals surface area contributed by atoms with E-state index in [1.165, 1.54) is 35.0 Å². The Morgan fingerprint density at radius 2 is 2.24 bits per heavy atom. The minimum atomic E-state index is -0.744. The van der Waals surface area contributed by atoms with Crippen molar-refractivity contribution in [1.82, 2.24) is 4.90 Å². The number of nitro benzene ring substituents is 1. The molecule has 2 rings (SSSR count). The number of ether oxygens (including phenoxy) is 1. The molecule has 1 aromatic rings. The zero-order chi connectivity index (χ0) is 18.6. The summed E-state index contributed by atoms with van der Waals surface area (Å²) in [7, 11) is 1.54. The molecule has 9 heteroatoms. The van der Waals surface area contributed by atoms with Crippen LogP contribution in [0.25, 0.3) is 0 Å². The van der Waals surface area contributed by atoms with Crippen molar-refractivity contribution in [3.05, 3.63) is 28.3 Å². The molecule has 1 aliphatic heterocycles. The van der Waals surface area contributed by atoms with Gasteiger partial charge in [-0.2, -0.15) is 5.26 Å². The molecule has 0 fully saturated rings. The number of benzene rings is 1. The van der Waals surface area contributed by atoms with E-state index < -0.39 is 16.9 Å². The van der Waals surface area contributed by atoms with Crippen molar-refractivity contribution < 1.29 is 19.2 Å². The Morgan fingerprint density at radius 3 is 2.84 bits per heavy atom. The molecule has 0 aromatic heterocycles. The summed E-state index contributed by atoms with van der Waals surface area (Å²) in [5.74, 6) is -0.458. The number of rotatable bonds is 6. The second-order valence-electron chi connectivity index (χ2n) is 5.57. The number of nitriles is 1. The maximum Gasteiger partial charge on any atom is 0.271 e. The maximum absolute atomic E-state index is 12.6. The Kier molecular flexibility index (Phi) is 5.54. The van der Waals surface area contributed by atoms with Gasteiger partial charge in [0.25, 0.3) is 11.6 Å². The fraction of sp³-hybridized carbons (Fsp3) is 0.438. The van der Waals surface area contributed by atoms with E-state index >= 15 is 0 Å². The first-order chi connectivity index (χ1) is 11.9. The molecule has 1 unspecified atom stereocenters. The van der Waals surface area contributed by atoms with Gasteiger partial charge in [0, 0.05) is 25.7 Å². The molecule has 0 aliphatic carbocycles. The number of carbonyl (C=O) groups is 2. The third-order valence-corrected chi connectivity index (χ3v) is 3.90. The van der Waals surface area contributed by atoms with Gasteiger partial charge in [-0.15, -0.1) is 0 Å². The summed E-state index contributed by atoms with van der Waals surface area (Å²) in [6, 6.07) is 5.89. The van der Waals surface area contributed by atoms with Gasteiger partial charge in [-0.1, -0.05) is 6.92 Å². The molecule has 132 valence electrons. The molecule has 2 amide bonds. The zero-order valence-electron chi connectivity index (χ0n) is 14.0. The molecule has 1 heterocycles. The maximum atomic E-state index is 12.6. The highest BCUT2D eigenvalue weighted by Crippen LogP contribution is 2.37. The van der Waals surface area contributed by atoms with Gasteiger partial charge in [0.05, 0.1) is 23.1 Å². The first kappa shape index (κ1) is 18.2. The molecule has 0 radical (unpaired) electrons. The fourth-order valence-electron chi connectivity index (χ4n) is 2.45. The van der Waals surface area contributed by atoms with Crippen LogP contribution in [0.1, 0.15) is 19.8 Å². The molecule has 1 aliphatic rings. The molecule has 0 bridgehead atoms. The number of fused-ring (bicyclic) bond motifs is 1. The van der Waals surface area contributed by atoms with Crippen molar-refractivity contribution in [3.8, 4) is 11.8 Å². The Labute approximate surface area is 144 Å². The Hall–Kier alpha value is -3.15. The zero-order valence-corrected chi connectivity index (χ0v) is 14.0. The predicted octanol–water partition coefficient (Wildman–Crippen LogP) is 1.47. The lowest BCUT2D eigenvalue weighted by Crippen LogP contribution is -2.50. The van der Waals surface area contributed by atoms with Crippen LogP contribution in [0.15, 0.2) is 18.2 Å². The molecule has 1 atom stereocenters. The lowest BCUT2D eigenvalue weighted by atomic mass is 10.1. The van der Waals surface area contributed by atoms with Gasteiger partial charge in [0.1, 0.15) is 12.3 Å². The van der Waals surface area contributed by atoms with Crippen molar-refractivity contribution >= 4 is 23.2 Å². The molecule has 0 spiro atoms. The van der Waals surface area contributed by atoms with Gasteiger partial charge < -0.3 is 9.64 Å². The van der Waals surface area contributed by atoms with Crippen LogP contribution in [0.4, 0.5) is 11.4 Å². The van der Waals surface area contributed by atoms with Crippen LogP contribution in [0.5, 0.6) is 5.75 Å². The second kappa shape index (κ2) is 7.61. The Morgan fingerprint density at radius 1 is 1.52 bits per heavy atom. The van der Waals surface area contributed by atoms with E-state index in [0.717, 1.165) is 0 Å². The van der Waals surface area contributed by atoms with E-state index in [2.05, 4.69) is 0 Å². The number of anilines is 1. The third kappa shape index (κ3) is 3.85. The summed E-state index contributed by atoms with van der Waals surface area (Å²) in [5, 5.41) is 19.6. The van der Waals surface area contributed by atoms with Crippen LogP contribution < -0.4 is 9.64 Å². The summed E-state index contributed by atoms with van der Waals surface area (Å²) < 4.78 is 5.58. The van der Waals surface area contributed by atoms with Crippen molar-refractivity contribution in [2.75, 3.05) is 25.0 Å². The highest BCUT2D eigenvalue weighted by atomic mass is 16.6. The predicted molar refractivity (Wildman–Crippen MR) is 88.0 cm³/mol. The molecule has 1 aromatic carbocycles. The minimum Gasteiger partial charge on any atom is -0.478 e. The fourth-order valence-corrected chi connectivity index (χ4v) is 2.45. The van der Waals surface area contributed by atoms with Gasteiger partial charge in [0.2, 0.25) is 5.91 Å². The second-order valence-corrected chi connectivity index (χ2v) is 5.57. The molecule has 0 N–H and O–H groups in total. The summed E-state index contributed by atoms with van der Waals surface area (Å²) in [5.41, 5.74) is 0.00585. The van der Waals surface area contributed by atoms with E-state index in [4.69, 9.17) is 10.00 Å². The van der Waals surface area contributed by atoms with Gasteiger partial charge in [0.15, 0.2) is 6.10 Å². The summed E-state index contributed by atoms with van der Waals surface area (Å²) in [6.45, 7) is 1.75. The van der Waals surface area contributed by atoms with Crippen LogP contribution in [0.3, 0.4) is 0 Å². The highest BCUT2D eigenvalue weighted by molar-refractivity contribution is 6.04. The van der Waals surface area contributed by atoms with E-state index in [-0.39, 0.29) is 36.8 Å². The number of non-ortho nitro benzene ring substituents is 1. The van der Waals surface area contributed by atoms with Gasteiger partial charge in [-0.25, -0.2) is 0 Å². The average Bonchev–Trinajstić information content (AvgIpc) is 2.60. The molecule has 0 saturated carbocycles. The summed E-state index contributed by atoms with van der Waals surface area (Å²) >= 11 is 0. The van der Waals surface area contributed by atoms with Gasteiger partial charge >= 0.3 is 0 Å². The van der Waals surface area contributed by atoms with Gasteiger partial charge in [-0.3, -0.25) is 24.6 Å². The lowest BCUT2D eigenvalue weighted by Gasteiger charge is -2.34. The van der Waals surface area contributed by atoms with E-state index in [1.807, 2.05) is 6.07 Å². The number of nitrogens with zero attached hydrogens (tertiary/aromatic N) is 4. The number of likely N-dealkylation sites (N-methyl/N-ethyl adjacent to an activating group) is 1. The summed E-state index contributed by atoms with van der Waals surface area (Å²) in [6.07, 6.45) is -0.158.